The van der Waals surface area contributed by atoms with Gasteiger partial charge in [0.1, 0.15) is 6.17 Å². The zero-order valence-corrected chi connectivity index (χ0v) is 14.0. The van der Waals surface area contributed by atoms with Gasteiger partial charge in [0.2, 0.25) is 5.91 Å². The third-order valence-corrected chi connectivity index (χ3v) is 5.02. The summed E-state index contributed by atoms with van der Waals surface area (Å²) in [6.07, 6.45) is 5.28. The molecule has 0 bridgehead atoms. The zero-order valence-electron chi connectivity index (χ0n) is 13.2. The first kappa shape index (κ1) is 16.4. The van der Waals surface area contributed by atoms with E-state index in [1.54, 1.807) is 0 Å². The van der Waals surface area contributed by atoms with Crippen molar-refractivity contribution in [1.82, 2.24) is 10.2 Å². The maximum absolute atomic E-state index is 12.7. The molecule has 1 N–H and O–H groups in total. The predicted octanol–water partition coefficient (Wildman–Crippen LogP) is 3.43. The van der Waals surface area contributed by atoms with Crippen LogP contribution >= 0.6 is 11.8 Å². The Kier molecular flexibility index (Phi) is 6.12. The van der Waals surface area contributed by atoms with Gasteiger partial charge in [-0.2, -0.15) is 11.8 Å². The smallest absolute Gasteiger partial charge is 0.241 e. The molecule has 3 atom stereocenters. The highest BCUT2D eigenvalue weighted by Gasteiger charge is 2.39. The van der Waals surface area contributed by atoms with Crippen LogP contribution in [0.2, 0.25) is 0 Å². The number of carbonyl (C=O) groups excluding carboxylic acids is 1. The first-order valence-electron chi connectivity index (χ1n) is 7.81. The van der Waals surface area contributed by atoms with E-state index in [1.807, 2.05) is 34.9 Å². The van der Waals surface area contributed by atoms with Crippen LogP contribution in [0.1, 0.15) is 44.8 Å². The molecule has 0 radical (unpaired) electrons. The van der Waals surface area contributed by atoms with Gasteiger partial charge in [0, 0.05) is 11.8 Å². The van der Waals surface area contributed by atoms with Crippen LogP contribution in [0, 0.1) is 0 Å². The molecule has 1 aliphatic heterocycles. The standard InChI is InChI=1S/C17H26N2OS/c1-4-5-11-15-17(20)19(12-13(2)21-3)16(18-15)14-9-7-6-8-10-14/h6-10,13,15-16,18H,4-5,11-12H2,1-3H3. The summed E-state index contributed by atoms with van der Waals surface area (Å²) in [6.45, 7) is 5.15. The average Bonchev–Trinajstić information content (AvgIpc) is 2.82. The number of thioether (sulfide) groups is 1. The third kappa shape index (κ3) is 4.01. The zero-order chi connectivity index (χ0) is 15.2. The van der Waals surface area contributed by atoms with E-state index in [4.69, 9.17) is 0 Å². The van der Waals surface area contributed by atoms with Crippen molar-refractivity contribution in [2.24, 2.45) is 0 Å². The number of rotatable bonds is 7. The van der Waals surface area contributed by atoms with E-state index < -0.39 is 0 Å². The molecule has 0 saturated carbocycles. The molecular formula is C17H26N2OS. The summed E-state index contributed by atoms with van der Waals surface area (Å²) < 4.78 is 0. The number of hydrogen-bond donors (Lipinski definition) is 1. The number of nitrogens with zero attached hydrogens (tertiary/aromatic N) is 1. The summed E-state index contributed by atoms with van der Waals surface area (Å²) in [4.78, 5) is 14.7. The first-order chi connectivity index (χ1) is 10.2. The topological polar surface area (TPSA) is 32.3 Å². The Morgan fingerprint density at radius 3 is 2.67 bits per heavy atom. The largest absolute Gasteiger partial charge is 0.320 e. The van der Waals surface area contributed by atoms with Crippen molar-refractivity contribution in [3.8, 4) is 0 Å². The molecule has 116 valence electrons. The Bertz CT molecular complexity index is 451. The van der Waals surface area contributed by atoms with Crippen molar-refractivity contribution in [1.29, 1.82) is 0 Å². The Hall–Kier alpha value is -1.00. The number of nitrogens with one attached hydrogen (secondary N) is 1. The van der Waals surface area contributed by atoms with Crippen molar-refractivity contribution < 1.29 is 4.79 Å². The second-order valence-electron chi connectivity index (χ2n) is 5.71. The summed E-state index contributed by atoms with van der Waals surface area (Å²) in [5, 5.41) is 3.99. The van der Waals surface area contributed by atoms with Crippen molar-refractivity contribution in [3.05, 3.63) is 35.9 Å². The monoisotopic (exact) mass is 306 g/mol. The van der Waals surface area contributed by atoms with Gasteiger partial charge in [0.25, 0.3) is 0 Å². The molecule has 2 rings (SSSR count). The van der Waals surface area contributed by atoms with Crippen molar-refractivity contribution in [2.45, 2.75) is 50.6 Å². The fraction of sp³-hybridized carbons (Fsp3) is 0.588. The van der Waals surface area contributed by atoms with Gasteiger partial charge in [-0.1, -0.05) is 57.0 Å². The summed E-state index contributed by atoms with van der Waals surface area (Å²) >= 11 is 1.81. The number of amides is 1. The van der Waals surface area contributed by atoms with Crippen LogP contribution in [0.5, 0.6) is 0 Å². The highest BCUT2D eigenvalue weighted by Crippen LogP contribution is 2.28. The van der Waals surface area contributed by atoms with E-state index in [9.17, 15) is 4.79 Å². The summed E-state index contributed by atoms with van der Waals surface area (Å²) in [5.41, 5.74) is 1.18. The molecule has 0 spiro atoms. The highest BCUT2D eigenvalue weighted by molar-refractivity contribution is 7.99. The van der Waals surface area contributed by atoms with Gasteiger partial charge in [-0.05, 0) is 18.2 Å². The van der Waals surface area contributed by atoms with E-state index in [1.165, 1.54) is 5.56 Å². The molecule has 3 nitrogen and oxygen atoms in total. The van der Waals surface area contributed by atoms with E-state index in [0.29, 0.717) is 5.25 Å². The van der Waals surface area contributed by atoms with Gasteiger partial charge in [-0.3, -0.25) is 10.1 Å². The lowest BCUT2D eigenvalue weighted by Gasteiger charge is -2.26. The van der Waals surface area contributed by atoms with Crippen molar-refractivity contribution >= 4 is 17.7 Å². The van der Waals surface area contributed by atoms with Gasteiger partial charge in [0.05, 0.1) is 6.04 Å². The van der Waals surface area contributed by atoms with Crippen LogP contribution in [0.3, 0.4) is 0 Å². The minimum atomic E-state index is -0.0239. The van der Waals surface area contributed by atoms with Gasteiger partial charge < -0.3 is 4.90 Å². The Morgan fingerprint density at radius 1 is 1.33 bits per heavy atom. The molecular weight excluding hydrogens is 280 g/mol. The van der Waals surface area contributed by atoms with Gasteiger partial charge in [0.15, 0.2) is 0 Å². The molecule has 0 aliphatic carbocycles. The van der Waals surface area contributed by atoms with E-state index in [2.05, 4.69) is 37.6 Å². The van der Waals surface area contributed by atoms with Gasteiger partial charge >= 0.3 is 0 Å². The minimum absolute atomic E-state index is 0.0233. The molecule has 4 heteroatoms. The van der Waals surface area contributed by atoms with E-state index in [0.717, 1.165) is 25.8 Å². The Balaban J connectivity index is 2.17. The van der Waals surface area contributed by atoms with Gasteiger partial charge in [-0.25, -0.2) is 0 Å². The molecule has 1 aliphatic rings. The molecule has 1 aromatic rings. The molecule has 3 unspecified atom stereocenters. The van der Waals surface area contributed by atoms with Crippen LogP contribution in [0.15, 0.2) is 30.3 Å². The molecule has 1 fully saturated rings. The quantitative estimate of drug-likeness (QED) is 0.837. The minimum Gasteiger partial charge on any atom is -0.320 e. The fourth-order valence-electron chi connectivity index (χ4n) is 2.75. The number of benzene rings is 1. The van der Waals surface area contributed by atoms with Gasteiger partial charge in [-0.15, -0.1) is 0 Å². The van der Waals surface area contributed by atoms with Crippen LogP contribution in [-0.4, -0.2) is 34.9 Å². The average molecular weight is 306 g/mol. The molecule has 1 aromatic carbocycles. The summed E-state index contributed by atoms with van der Waals surface area (Å²) in [7, 11) is 0. The predicted molar refractivity (Wildman–Crippen MR) is 90.3 cm³/mol. The number of carbonyl (C=O) groups is 1. The summed E-state index contributed by atoms with van der Waals surface area (Å²) in [6, 6.07) is 10.3. The fourth-order valence-corrected chi connectivity index (χ4v) is 3.06. The summed E-state index contributed by atoms with van der Waals surface area (Å²) in [5.74, 6) is 0.262. The van der Waals surface area contributed by atoms with E-state index >= 15 is 0 Å². The third-order valence-electron chi connectivity index (χ3n) is 4.07. The van der Waals surface area contributed by atoms with E-state index in [-0.39, 0.29) is 18.1 Å². The SMILES string of the molecule is CCCCC1NC(c2ccccc2)N(CC(C)SC)C1=O. The molecule has 1 heterocycles. The lowest BCUT2D eigenvalue weighted by molar-refractivity contribution is -0.130. The number of hydrogen-bond acceptors (Lipinski definition) is 3. The highest BCUT2D eigenvalue weighted by atomic mass is 32.2. The normalized spacial score (nSPS) is 23.6. The lowest BCUT2D eigenvalue weighted by Crippen LogP contribution is -2.35. The maximum atomic E-state index is 12.7. The Labute approximate surface area is 132 Å². The lowest BCUT2D eigenvalue weighted by atomic mass is 10.1. The van der Waals surface area contributed by atoms with Crippen molar-refractivity contribution in [2.75, 3.05) is 12.8 Å². The van der Waals surface area contributed by atoms with Crippen LogP contribution < -0.4 is 5.32 Å². The molecule has 0 aromatic heterocycles. The molecule has 1 saturated heterocycles. The van der Waals surface area contributed by atoms with Crippen LogP contribution in [0.4, 0.5) is 0 Å². The Morgan fingerprint density at radius 2 is 2.05 bits per heavy atom. The van der Waals surface area contributed by atoms with Crippen molar-refractivity contribution in [3.63, 3.8) is 0 Å². The number of unbranched alkanes of at least 4 members (excludes halogenated alkanes) is 1. The molecule has 1 amide bonds. The van der Waals surface area contributed by atoms with Crippen LogP contribution in [0.25, 0.3) is 0 Å². The second kappa shape index (κ2) is 7.85. The first-order valence-corrected chi connectivity index (χ1v) is 9.10. The maximum Gasteiger partial charge on any atom is 0.241 e. The molecule has 21 heavy (non-hydrogen) atoms. The van der Waals surface area contributed by atoms with Crippen LogP contribution in [-0.2, 0) is 4.79 Å². The second-order valence-corrected chi connectivity index (χ2v) is 6.99.